The number of anilines is 1. The number of aromatic nitrogens is 2. The highest BCUT2D eigenvalue weighted by molar-refractivity contribution is 6.33. The van der Waals surface area contributed by atoms with Gasteiger partial charge in [0.25, 0.3) is 0 Å². The fourth-order valence-corrected chi connectivity index (χ4v) is 4.94. The minimum atomic E-state index is 0.0932. The Balaban J connectivity index is 1.09. The molecule has 2 aliphatic rings. The number of piperazine rings is 1. The normalized spacial score (nSPS) is 18.0. The average molecular weight is 466 g/mol. The molecule has 3 heterocycles. The summed E-state index contributed by atoms with van der Waals surface area (Å²) in [5, 5.41) is 4.87. The molecule has 2 fully saturated rings. The molecule has 3 aromatic rings. The minimum Gasteiger partial charge on any atom is -0.367 e. The molecular formula is C25H28ClN5O2. The molecule has 8 heteroatoms. The van der Waals surface area contributed by atoms with Gasteiger partial charge in [0.05, 0.1) is 17.3 Å². The van der Waals surface area contributed by atoms with Crippen molar-refractivity contribution < 1.29 is 9.32 Å². The Bertz CT molecular complexity index is 1070. The van der Waals surface area contributed by atoms with E-state index in [4.69, 9.17) is 16.1 Å². The van der Waals surface area contributed by atoms with Gasteiger partial charge in [-0.2, -0.15) is 4.98 Å². The van der Waals surface area contributed by atoms with Crippen LogP contribution in [0.3, 0.4) is 0 Å². The van der Waals surface area contributed by atoms with Crippen molar-refractivity contribution in [1.29, 1.82) is 0 Å². The molecular weight excluding hydrogens is 438 g/mol. The number of hydrogen-bond donors (Lipinski definition) is 0. The molecule has 0 N–H and O–H groups in total. The van der Waals surface area contributed by atoms with Crippen LogP contribution in [0.1, 0.15) is 18.7 Å². The monoisotopic (exact) mass is 465 g/mol. The maximum absolute atomic E-state index is 13.1. The number of nitrogens with zero attached hydrogens (tertiary/aromatic N) is 5. The summed E-state index contributed by atoms with van der Waals surface area (Å²) in [7, 11) is 0. The van der Waals surface area contributed by atoms with E-state index in [1.165, 1.54) is 0 Å². The molecule has 0 saturated carbocycles. The average Bonchev–Trinajstić information content (AvgIpc) is 3.34. The fourth-order valence-electron chi connectivity index (χ4n) is 4.69. The Morgan fingerprint density at radius 2 is 1.64 bits per heavy atom. The van der Waals surface area contributed by atoms with Gasteiger partial charge in [0.2, 0.25) is 17.6 Å². The molecule has 0 radical (unpaired) electrons. The van der Waals surface area contributed by atoms with Crippen molar-refractivity contribution in [1.82, 2.24) is 19.9 Å². The quantitative estimate of drug-likeness (QED) is 0.568. The van der Waals surface area contributed by atoms with Crippen LogP contribution in [-0.4, -0.2) is 65.1 Å². The van der Waals surface area contributed by atoms with Crippen molar-refractivity contribution in [2.75, 3.05) is 44.2 Å². The third kappa shape index (κ3) is 5.04. The third-order valence-corrected chi connectivity index (χ3v) is 6.90. The number of carbonyl (C=O) groups is 1. The number of hydrogen-bond acceptors (Lipinski definition) is 6. The fraction of sp³-hybridized carbons (Fsp3) is 0.400. The molecule has 2 aromatic carbocycles. The van der Waals surface area contributed by atoms with Gasteiger partial charge in [-0.25, -0.2) is 0 Å². The molecule has 0 spiro atoms. The minimum absolute atomic E-state index is 0.0932. The number of piperidine rings is 1. The first-order chi connectivity index (χ1) is 16.2. The van der Waals surface area contributed by atoms with Crippen LogP contribution in [0.25, 0.3) is 11.4 Å². The summed E-state index contributed by atoms with van der Waals surface area (Å²) >= 11 is 6.34. The topological polar surface area (TPSA) is 65.7 Å². The van der Waals surface area contributed by atoms with Crippen LogP contribution in [0.2, 0.25) is 5.02 Å². The molecule has 0 unspecified atom stereocenters. The van der Waals surface area contributed by atoms with Crippen LogP contribution < -0.4 is 4.90 Å². The van der Waals surface area contributed by atoms with Gasteiger partial charge >= 0.3 is 0 Å². The molecule has 1 amide bonds. The molecule has 7 nitrogen and oxygen atoms in total. The van der Waals surface area contributed by atoms with Gasteiger partial charge in [-0.1, -0.05) is 59.2 Å². The largest absolute Gasteiger partial charge is 0.367 e. The maximum Gasteiger partial charge on any atom is 0.241 e. The molecule has 5 rings (SSSR count). The van der Waals surface area contributed by atoms with Crippen molar-refractivity contribution >= 4 is 23.2 Å². The van der Waals surface area contributed by atoms with E-state index >= 15 is 0 Å². The number of carbonyl (C=O) groups excluding carboxylic acids is 1. The van der Waals surface area contributed by atoms with Gasteiger partial charge in [0.15, 0.2) is 0 Å². The number of amides is 1. The van der Waals surface area contributed by atoms with Crippen molar-refractivity contribution in [2.45, 2.75) is 19.4 Å². The van der Waals surface area contributed by atoms with Gasteiger partial charge in [-0.3, -0.25) is 9.69 Å². The van der Waals surface area contributed by atoms with Gasteiger partial charge in [-0.05, 0) is 38.1 Å². The van der Waals surface area contributed by atoms with E-state index in [1.54, 1.807) is 0 Å². The van der Waals surface area contributed by atoms with Crippen LogP contribution in [0.15, 0.2) is 59.1 Å². The summed E-state index contributed by atoms with van der Waals surface area (Å²) in [6, 6.07) is 17.7. The Kier molecular flexibility index (Phi) is 6.60. The Hall–Kier alpha value is -2.90. The van der Waals surface area contributed by atoms with E-state index in [0.717, 1.165) is 68.4 Å². The predicted molar refractivity (Wildman–Crippen MR) is 128 cm³/mol. The number of likely N-dealkylation sites (tertiary alicyclic amines) is 1. The van der Waals surface area contributed by atoms with E-state index < -0.39 is 0 Å². The molecule has 0 atom stereocenters. The second kappa shape index (κ2) is 9.93. The van der Waals surface area contributed by atoms with Crippen molar-refractivity contribution in [2.24, 2.45) is 5.92 Å². The zero-order chi connectivity index (χ0) is 22.6. The lowest BCUT2D eigenvalue weighted by molar-refractivity contribution is -0.137. The van der Waals surface area contributed by atoms with Crippen molar-refractivity contribution in [3.8, 4) is 11.4 Å². The second-order valence-electron chi connectivity index (χ2n) is 8.69. The number of rotatable bonds is 5. The molecule has 172 valence electrons. The van der Waals surface area contributed by atoms with Crippen LogP contribution in [-0.2, 0) is 11.3 Å². The molecule has 1 aromatic heterocycles. The summed E-state index contributed by atoms with van der Waals surface area (Å²) in [6.45, 7) is 5.46. The van der Waals surface area contributed by atoms with E-state index in [1.807, 2.05) is 59.5 Å². The molecule has 0 bridgehead atoms. The smallest absolute Gasteiger partial charge is 0.241 e. The van der Waals surface area contributed by atoms with Crippen LogP contribution >= 0.6 is 11.6 Å². The lowest BCUT2D eigenvalue weighted by Crippen LogP contribution is -2.51. The predicted octanol–water partition coefficient (Wildman–Crippen LogP) is 3.95. The molecule has 2 saturated heterocycles. The van der Waals surface area contributed by atoms with Crippen LogP contribution in [0, 0.1) is 5.92 Å². The Labute approximate surface area is 198 Å². The highest BCUT2D eigenvalue weighted by Gasteiger charge is 2.31. The number of halogens is 1. The van der Waals surface area contributed by atoms with Crippen molar-refractivity contribution in [3.05, 3.63) is 65.5 Å². The van der Waals surface area contributed by atoms with E-state index in [9.17, 15) is 4.79 Å². The first kappa shape index (κ1) is 21.9. The van der Waals surface area contributed by atoms with E-state index in [0.29, 0.717) is 18.3 Å². The summed E-state index contributed by atoms with van der Waals surface area (Å²) in [5.41, 5.74) is 2.00. The van der Waals surface area contributed by atoms with Gasteiger partial charge < -0.3 is 14.3 Å². The number of benzene rings is 2. The highest BCUT2D eigenvalue weighted by atomic mass is 35.5. The van der Waals surface area contributed by atoms with Gasteiger partial charge in [-0.15, -0.1) is 0 Å². The van der Waals surface area contributed by atoms with Crippen LogP contribution in [0.5, 0.6) is 0 Å². The Morgan fingerprint density at radius 1 is 0.939 bits per heavy atom. The number of para-hydroxylation sites is 1. The summed E-state index contributed by atoms with van der Waals surface area (Å²) in [6.07, 6.45) is 1.73. The first-order valence-corrected chi connectivity index (χ1v) is 11.9. The second-order valence-corrected chi connectivity index (χ2v) is 9.10. The summed E-state index contributed by atoms with van der Waals surface area (Å²) in [5.74, 6) is 1.62. The standard InChI is InChI=1S/C25H28ClN5O2/c26-21-8-4-5-9-22(21)30-14-16-31(17-15-30)25(32)20-10-12-29(13-11-20)18-23-27-24(28-33-23)19-6-2-1-3-7-19/h1-9,20H,10-18H2. The molecule has 0 aliphatic carbocycles. The van der Waals surface area contributed by atoms with Crippen LogP contribution in [0.4, 0.5) is 5.69 Å². The molecule has 2 aliphatic heterocycles. The third-order valence-electron chi connectivity index (χ3n) is 6.58. The highest BCUT2D eigenvalue weighted by Crippen LogP contribution is 2.27. The van der Waals surface area contributed by atoms with E-state index in [-0.39, 0.29) is 11.8 Å². The zero-order valence-corrected chi connectivity index (χ0v) is 19.3. The van der Waals surface area contributed by atoms with Gasteiger partial charge in [0.1, 0.15) is 0 Å². The summed E-state index contributed by atoms with van der Waals surface area (Å²) < 4.78 is 5.45. The SMILES string of the molecule is O=C(C1CCN(Cc2nc(-c3ccccc3)no2)CC1)N1CCN(c2ccccc2Cl)CC1. The first-order valence-electron chi connectivity index (χ1n) is 11.6. The summed E-state index contributed by atoms with van der Waals surface area (Å²) in [4.78, 5) is 24.2. The lowest BCUT2D eigenvalue weighted by atomic mass is 9.95. The lowest BCUT2D eigenvalue weighted by Gasteiger charge is -2.39. The van der Waals surface area contributed by atoms with E-state index in [2.05, 4.69) is 19.9 Å². The molecule has 33 heavy (non-hydrogen) atoms. The maximum atomic E-state index is 13.1. The Morgan fingerprint density at radius 3 is 2.36 bits per heavy atom. The van der Waals surface area contributed by atoms with Gasteiger partial charge in [0, 0.05) is 37.7 Å². The van der Waals surface area contributed by atoms with Crippen molar-refractivity contribution in [3.63, 3.8) is 0 Å². The zero-order valence-electron chi connectivity index (χ0n) is 18.6.